The van der Waals surface area contributed by atoms with E-state index >= 15 is 0 Å². The predicted octanol–water partition coefficient (Wildman–Crippen LogP) is 1.15. The zero-order chi connectivity index (χ0) is 15.6. The van der Waals surface area contributed by atoms with E-state index in [0.717, 1.165) is 6.42 Å². The van der Waals surface area contributed by atoms with Crippen molar-refractivity contribution in [2.24, 2.45) is 17.6 Å². The number of nitrogens with two attached hydrogens (primary N) is 1. The summed E-state index contributed by atoms with van der Waals surface area (Å²) in [6, 6.07) is -1.09. The summed E-state index contributed by atoms with van der Waals surface area (Å²) in [6.07, 6.45) is 1.50. The molecule has 114 valence electrons. The molecule has 0 amide bonds. The average Bonchev–Trinajstić information content (AvgIpc) is 2.33. The van der Waals surface area contributed by atoms with Crippen LogP contribution in [0.2, 0.25) is 0 Å². The van der Waals surface area contributed by atoms with Crippen molar-refractivity contribution in [1.29, 1.82) is 0 Å². The first-order valence-electron chi connectivity index (χ1n) is 6.55. The molecule has 3 atom stereocenters. The van der Waals surface area contributed by atoms with Crippen LogP contribution in [0.4, 0.5) is 0 Å². The Hall–Kier alpha value is -1.14. The van der Waals surface area contributed by atoms with Gasteiger partial charge in [0.1, 0.15) is 12.1 Å². The Kier molecular flexibility index (Phi) is 11.4. The van der Waals surface area contributed by atoms with Gasteiger partial charge in [-0.3, -0.25) is 9.59 Å². The Bertz CT molecular complexity index is 269. The van der Waals surface area contributed by atoms with E-state index in [9.17, 15) is 9.59 Å². The summed E-state index contributed by atoms with van der Waals surface area (Å²) in [6.45, 7) is 7.77. The molecule has 6 nitrogen and oxygen atoms in total. The lowest BCUT2D eigenvalue weighted by Crippen LogP contribution is -2.36. The number of hydrogen-bond acceptors (Lipinski definition) is 4. The summed E-state index contributed by atoms with van der Waals surface area (Å²) >= 11 is 0. The third-order valence-electron chi connectivity index (χ3n) is 2.90. The van der Waals surface area contributed by atoms with Crippen LogP contribution in [0.5, 0.6) is 0 Å². The molecule has 0 saturated heterocycles. The van der Waals surface area contributed by atoms with Gasteiger partial charge < -0.3 is 21.3 Å². The molecule has 5 N–H and O–H groups in total. The van der Waals surface area contributed by atoms with Crippen molar-refractivity contribution in [3.8, 4) is 0 Å². The highest BCUT2D eigenvalue weighted by atomic mass is 16.4. The summed E-state index contributed by atoms with van der Waals surface area (Å²) in [5, 5.41) is 19.7. The minimum absolute atomic E-state index is 0.0718. The maximum atomic E-state index is 10.4. The molecular formula is C13H28N2O4. The molecule has 0 heterocycles. The zero-order valence-electron chi connectivity index (χ0n) is 12.5. The van der Waals surface area contributed by atoms with Crippen LogP contribution in [-0.2, 0) is 9.59 Å². The van der Waals surface area contributed by atoms with Crippen molar-refractivity contribution in [2.75, 3.05) is 7.05 Å². The topological polar surface area (TPSA) is 113 Å². The fourth-order valence-electron chi connectivity index (χ4n) is 1.31. The second kappa shape index (κ2) is 10.8. The average molecular weight is 276 g/mol. The Morgan fingerprint density at radius 2 is 1.63 bits per heavy atom. The molecule has 0 unspecified atom stereocenters. The van der Waals surface area contributed by atoms with Gasteiger partial charge in [0.2, 0.25) is 0 Å². The van der Waals surface area contributed by atoms with Crippen LogP contribution in [0.25, 0.3) is 0 Å². The van der Waals surface area contributed by atoms with E-state index in [0.29, 0.717) is 12.3 Å². The zero-order valence-corrected chi connectivity index (χ0v) is 12.5. The maximum Gasteiger partial charge on any atom is 0.320 e. The van der Waals surface area contributed by atoms with Gasteiger partial charge in [-0.15, -0.1) is 0 Å². The first-order valence-corrected chi connectivity index (χ1v) is 6.55. The molecule has 6 heteroatoms. The molecule has 0 saturated carbocycles. The van der Waals surface area contributed by atoms with Crippen molar-refractivity contribution < 1.29 is 19.8 Å². The largest absolute Gasteiger partial charge is 0.480 e. The van der Waals surface area contributed by atoms with Crippen LogP contribution in [-0.4, -0.2) is 41.3 Å². The standard InChI is InChI=1S/C7H15NO2.C6H13NO2/c1-5(2)4-6(8-3)7(9)10;1-3-4(2)5(7)6(8)9/h5-6,8H,4H2,1-3H3,(H,9,10);4-5H,3,7H2,1-2H3,(H,8,9)/t6-;4-,5-/m00/s1. The van der Waals surface area contributed by atoms with E-state index in [1.165, 1.54) is 0 Å². The summed E-state index contributed by atoms with van der Waals surface area (Å²) in [7, 11) is 1.67. The Morgan fingerprint density at radius 1 is 1.16 bits per heavy atom. The minimum atomic E-state index is -0.913. The van der Waals surface area contributed by atoms with Gasteiger partial charge in [0.05, 0.1) is 0 Å². The molecule has 19 heavy (non-hydrogen) atoms. The molecule has 0 fully saturated rings. The number of hydrogen-bond donors (Lipinski definition) is 4. The highest BCUT2D eigenvalue weighted by Crippen LogP contribution is 2.04. The SMILES string of the molecule is CC[C@H](C)[C@H](N)C(=O)O.CN[C@@H](CC(C)C)C(=O)O. The molecule has 0 aliphatic heterocycles. The fraction of sp³-hybridized carbons (Fsp3) is 0.846. The third kappa shape index (κ3) is 10.5. The lowest BCUT2D eigenvalue weighted by atomic mass is 10.0. The van der Waals surface area contributed by atoms with Crippen molar-refractivity contribution >= 4 is 11.9 Å². The van der Waals surface area contributed by atoms with E-state index in [1.807, 2.05) is 27.7 Å². The molecule has 0 spiro atoms. The third-order valence-corrected chi connectivity index (χ3v) is 2.90. The van der Waals surface area contributed by atoms with Crippen molar-refractivity contribution in [1.82, 2.24) is 5.32 Å². The number of nitrogens with one attached hydrogen (secondary N) is 1. The monoisotopic (exact) mass is 276 g/mol. The van der Waals surface area contributed by atoms with Crippen LogP contribution in [0.3, 0.4) is 0 Å². The first kappa shape index (κ1) is 20.2. The number of likely N-dealkylation sites (N-methyl/N-ethyl adjacent to an activating group) is 1. The van der Waals surface area contributed by atoms with Crippen LogP contribution in [0.15, 0.2) is 0 Å². The van der Waals surface area contributed by atoms with Crippen LogP contribution < -0.4 is 11.1 Å². The van der Waals surface area contributed by atoms with Crippen LogP contribution in [0, 0.1) is 11.8 Å². The van der Waals surface area contributed by atoms with Gasteiger partial charge in [0.25, 0.3) is 0 Å². The van der Waals surface area contributed by atoms with E-state index in [2.05, 4.69) is 5.32 Å². The van der Waals surface area contributed by atoms with E-state index in [-0.39, 0.29) is 12.0 Å². The van der Waals surface area contributed by atoms with Gasteiger partial charge in [0, 0.05) is 0 Å². The first-order chi connectivity index (χ1) is 8.67. The second-order valence-electron chi connectivity index (χ2n) is 5.06. The van der Waals surface area contributed by atoms with Gasteiger partial charge >= 0.3 is 11.9 Å². The molecule has 0 rings (SSSR count). The number of rotatable bonds is 7. The fourth-order valence-corrected chi connectivity index (χ4v) is 1.31. The Morgan fingerprint density at radius 3 is 1.74 bits per heavy atom. The van der Waals surface area contributed by atoms with Crippen LogP contribution >= 0.6 is 0 Å². The minimum Gasteiger partial charge on any atom is -0.480 e. The molecule has 0 aliphatic rings. The van der Waals surface area contributed by atoms with Crippen molar-refractivity contribution in [3.05, 3.63) is 0 Å². The Balaban J connectivity index is 0. The molecule has 0 aromatic carbocycles. The Labute approximate surface area is 115 Å². The number of aliphatic carboxylic acids is 2. The summed E-state index contributed by atoms with van der Waals surface area (Å²) < 4.78 is 0. The number of carboxylic acids is 2. The lowest BCUT2D eigenvalue weighted by Gasteiger charge is -2.12. The van der Waals surface area contributed by atoms with Gasteiger partial charge in [0.15, 0.2) is 0 Å². The number of carboxylic acid groups (broad SMARTS) is 2. The molecule has 0 aromatic rings. The molecule has 0 radical (unpaired) electrons. The highest BCUT2D eigenvalue weighted by Gasteiger charge is 2.17. The van der Waals surface area contributed by atoms with Gasteiger partial charge in [-0.2, -0.15) is 0 Å². The number of carbonyl (C=O) groups is 2. The lowest BCUT2D eigenvalue weighted by molar-refractivity contribution is -0.140. The normalized spacial score (nSPS) is 15.1. The van der Waals surface area contributed by atoms with E-state index < -0.39 is 18.0 Å². The molecule has 0 aromatic heterocycles. The quantitative estimate of drug-likeness (QED) is 0.555. The van der Waals surface area contributed by atoms with Gasteiger partial charge in [-0.1, -0.05) is 34.1 Å². The van der Waals surface area contributed by atoms with Gasteiger partial charge in [-0.05, 0) is 25.3 Å². The van der Waals surface area contributed by atoms with Crippen molar-refractivity contribution in [2.45, 2.75) is 52.6 Å². The van der Waals surface area contributed by atoms with E-state index in [4.69, 9.17) is 15.9 Å². The molecule has 0 bridgehead atoms. The second-order valence-corrected chi connectivity index (χ2v) is 5.06. The maximum absolute atomic E-state index is 10.4. The van der Waals surface area contributed by atoms with Crippen LogP contribution in [0.1, 0.15) is 40.5 Å². The molecule has 0 aliphatic carbocycles. The van der Waals surface area contributed by atoms with E-state index in [1.54, 1.807) is 7.05 Å². The molecular weight excluding hydrogens is 248 g/mol. The summed E-state index contributed by atoms with van der Waals surface area (Å²) in [5.41, 5.74) is 5.27. The summed E-state index contributed by atoms with van der Waals surface area (Å²) in [5.74, 6) is -1.18. The van der Waals surface area contributed by atoms with Crippen molar-refractivity contribution in [3.63, 3.8) is 0 Å². The smallest absolute Gasteiger partial charge is 0.320 e. The predicted molar refractivity (Wildman–Crippen MR) is 75.0 cm³/mol. The van der Waals surface area contributed by atoms with Gasteiger partial charge in [-0.25, -0.2) is 0 Å². The summed E-state index contributed by atoms with van der Waals surface area (Å²) in [4.78, 5) is 20.6. The highest BCUT2D eigenvalue weighted by molar-refractivity contribution is 5.73.